The van der Waals surface area contributed by atoms with Crippen LogP contribution in [0.3, 0.4) is 0 Å². The van der Waals surface area contributed by atoms with Crippen molar-refractivity contribution in [3.8, 4) is 0 Å². The summed E-state index contributed by atoms with van der Waals surface area (Å²) in [5, 5.41) is 14.2. The first-order valence-electron chi connectivity index (χ1n) is 8.99. The maximum Gasteiger partial charge on any atom is 0.326 e. The van der Waals surface area contributed by atoms with Gasteiger partial charge in [-0.05, 0) is 38.0 Å². The molecule has 1 spiro atoms. The fourth-order valence-electron chi connectivity index (χ4n) is 3.67. The number of imide groups is 1. The summed E-state index contributed by atoms with van der Waals surface area (Å²) in [6.45, 7) is 3.48. The van der Waals surface area contributed by atoms with Crippen LogP contribution in [0.2, 0.25) is 0 Å². The number of nitrogens with one attached hydrogen (secondary N) is 2. The molecule has 2 rings (SSSR count). The Morgan fingerprint density at radius 2 is 1.96 bits per heavy atom. The lowest BCUT2D eigenvalue weighted by molar-refractivity contribution is -0.142. The third kappa shape index (κ3) is 4.11. The number of carboxylic acid groups (broad SMARTS) is 1. The second kappa shape index (κ2) is 7.84. The van der Waals surface area contributed by atoms with Crippen LogP contribution < -0.4 is 10.6 Å². The van der Waals surface area contributed by atoms with Crippen molar-refractivity contribution < 1.29 is 24.3 Å². The first kappa shape index (κ1) is 19.2. The summed E-state index contributed by atoms with van der Waals surface area (Å²) in [6, 6.07) is -1.58. The van der Waals surface area contributed by atoms with Gasteiger partial charge in [-0.1, -0.05) is 26.7 Å². The Bertz CT molecular complexity index is 554. The number of carbonyl (C=O) groups is 4. The van der Waals surface area contributed by atoms with Gasteiger partial charge in [0.15, 0.2) is 0 Å². The number of urea groups is 1. The number of amides is 4. The molecule has 0 radical (unpaired) electrons. The zero-order chi connectivity index (χ0) is 18.6. The van der Waals surface area contributed by atoms with Crippen LogP contribution in [0.4, 0.5) is 4.79 Å². The topological polar surface area (TPSA) is 116 Å². The van der Waals surface area contributed by atoms with Crippen molar-refractivity contribution in [1.82, 2.24) is 15.5 Å². The quantitative estimate of drug-likeness (QED) is 0.596. The Labute approximate surface area is 147 Å². The van der Waals surface area contributed by atoms with E-state index in [1.807, 2.05) is 6.92 Å². The first-order valence-corrected chi connectivity index (χ1v) is 8.99. The van der Waals surface area contributed by atoms with E-state index in [0.717, 1.165) is 24.2 Å². The van der Waals surface area contributed by atoms with Gasteiger partial charge in [0.2, 0.25) is 5.91 Å². The highest BCUT2D eigenvalue weighted by Gasteiger charge is 2.52. The Balaban J connectivity index is 1.98. The molecule has 3 N–H and O–H groups in total. The smallest absolute Gasteiger partial charge is 0.326 e. The van der Waals surface area contributed by atoms with E-state index in [-0.39, 0.29) is 5.91 Å². The molecule has 1 unspecified atom stereocenters. The monoisotopic (exact) mass is 353 g/mol. The second-order valence-corrected chi connectivity index (χ2v) is 7.00. The van der Waals surface area contributed by atoms with Gasteiger partial charge in [0.25, 0.3) is 5.91 Å². The highest BCUT2D eigenvalue weighted by molar-refractivity contribution is 6.09. The van der Waals surface area contributed by atoms with Crippen LogP contribution in [0, 0.1) is 5.92 Å². The van der Waals surface area contributed by atoms with Crippen molar-refractivity contribution in [2.24, 2.45) is 5.92 Å². The molecular weight excluding hydrogens is 326 g/mol. The average molecular weight is 353 g/mol. The molecular formula is C17H27N3O5. The van der Waals surface area contributed by atoms with Crippen LogP contribution >= 0.6 is 0 Å². The van der Waals surface area contributed by atoms with Gasteiger partial charge in [-0.25, -0.2) is 9.59 Å². The molecule has 1 aliphatic carbocycles. The van der Waals surface area contributed by atoms with E-state index in [1.54, 1.807) is 0 Å². The van der Waals surface area contributed by atoms with Gasteiger partial charge in [-0.15, -0.1) is 0 Å². The lowest BCUT2D eigenvalue weighted by Gasteiger charge is -2.34. The van der Waals surface area contributed by atoms with Crippen molar-refractivity contribution >= 4 is 23.8 Å². The molecule has 8 nitrogen and oxygen atoms in total. The van der Waals surface area contributed by atoms with Gasteiger partial charge >= 0.3 is 12.0 Å². The zero-order valence-corrected chi connectivity index (χ0v) is 14.8. The van der Waals surface area contributed by atoms with Crippen LogP contribution in [-0.4, -0.2) is 51.9 Å². The van der Waals surface area contributed by atoms with Crippen molar-refractivity contribution in [2.45, 2.75) is 70.4 Å². The molecule has 1 aliphatic heterocycles. The van der Waals surface area contributed by atoms with E-state index < -0.39 is 36.0 Å². The highest BCUT2D eigenvalue weighted by Crippen LogP contribution is 2.37. The Morgan fingerprint density at radius 1 is 1.32 bits per heavy atom. The van der Waals surface area contributed by atoms with E-state index in [1.165, 1.54) is 0 Å². The largest absolute Gasteiger partial charge is 0.480 e. The molecule has 1 saturated carbocycles. The normalized spacial score (nSPS) is 27.3. The number of rotatable bonds is 7. The molecule has 1 heterocycles. The van der Waals surface area contributed by atoms with Crippen molar-refractivity contribution in [3.05, 3.63) is 0 Å². The number of hydrogen-bond acceptors (Lipinski definition) is 4. The van der Waals surface area contributed by atoms with Crippen LogP contribution in [-0.2, 0) is 14.4 Å². The maximum atomic E-state index is 12.7. The molecule has 2 aliphatic rings. The van der Waals surface area contributed by atoms with E-state index in [4.69, 9.17) is 5.11 Å². The van der Waals surface area contributed by atoms with E-state index in [0.29, 0.717) is 31.6 Å². The predicted molar refractivity (Wildman–Crippen MR) is 89.7 cm³/mol. The standard InChI is InChI=1S/C17H27N3O5/c1-3-5-12(14(22)23)18-13(21)10-20-15(24)17(19-16(20)25)8-6-11(4-2)7-9-17/h11-12H,3-10H2,1-2H3,(H,18,21)(H,19,25)(H,22,23). The predicted octanol–water partition coefficient (Wildman–Crippen LogP) is 1.25. The SMILES string of the molecule is CCCC(NC(=O)CN1C(=O)NC2(CCC(CC)CC2)C1=O)C(=O)O. The van der Waals surface area contributed by atoms with E-state index >= 15 is 0 Å². The minimum atomic E-state index is -1.12. The summed E-state index contributed by atoms with van der Waals surface area (Å²) in [6.07, 6.45) is 4.87. The van der Waals surface area contributed by atoms with Gasteiger partial charge in [0, 0.05) is 0 Å². The van der Waals surface area contributed by atoms with Gasteiger partial charge in [-0.2, -0.15) is 0 Å². The summed E-state index contributed by atoms with van der Waals surface area (Å²) >= 11 is 0. The Hall–Kier alpha value is -2.12. The summed E-state index contributed by atoms with van der Waals surface area (Å²) in [5.41, 5.74) is -0.890. The number of carbonyl (C=O) groups excluding carboxylic acids is 3. The number of hydrogen-bond donors (Lipinski definition) is 3. The summed E-state index contributed by atoms with van der Waals surface area (Å²) in [4.78, 5) is 49.0. The molecule has 0 aromatic rings. The third-order valence-corrected chi connectivity index (χ3v) is 5.29. The highest BCUT2D eigenvalue weighted by atomic mass is 16.4. The third-order valence-electron chi connectivity index (χ3n) is 5.29. The molecule has 8 heteroatoms. The molecule has 4 amide bonds. The summed E-state index contributed by atoms with van der Waals surface area (Å²) in [7, 11) is 0. The first-order chi connectivity index (χ1) is 11.8. The molecule has 1 atom stereocenters. The van der Waals surface area contributed by atoms with Gasteiger partial charge in [0.1, 0.15) is 18.1 Å². The van der Waals surface area contributed by atoms with E-state index in [9.17, 15) is 19.2 Å². The molecule has 0 aromatic heterocycles. The lowest BCUT2D eigenvalue weighted by Crippen LogP contribution is -2.50. The van der Waals surface area contributed by atoms with Crippen LogP contribution in [0.5, 0.6) is 0 Å². The van der Waals surface area contributed by atoms with Crippen LogP contribution in [0.1, 0.15) is 58.8 Å². The van der Waals surface area contributed by atoms with Gasteiger partial charge < -0.3 is 15.7 Å². The molecule has 0 bridgehead atoms. The Morgan fingerprint density at radius 3 is 2.48 bits per heavy atom. The van der Waals surface area contributed by atoms with Gasteiger partial charge in [-0.3, -0.25) is 14.5 Å². The number of carboxylic acids is 1. The zero-order valence-electron chi connectivity index (χ0n) is 14.8. The number of nitrogens with zero attached hydrogens (tertiary/aromatic N) is 1. The Kier molecular flexibility index (Phi) is 6.02. The molecule has 140 valence electrons. The van der Waals surface area contributed by atoms with Crippen molar-refractivity contribution in [3.63, 3.8) is 0 Å². The average Bonchev–Trinajstić information content (AvgIpc) is 2.79. The minimum Gasteiger partial charge on any atom is -0.480 e. The summed E-state index contributed by atoms with van der Waals surface area (Å²) < 4.78 is 0. The minimum absolute atomic E-state index is 0.295. The van der Waals surface area contributed by atoms with Crippen LogP contribution in [0.15, 0.2) is 0 Å². The summed E-state index contributed by atoms with van der Waals surface area (Å²) in [5.74, 6) is -1.56. The van der Waals surface area contributed by atoms with Gasteiger partial charge in [0.05, 0.1) is 0 Å². The van der Waals surface area contributed by atoms with Crippen molar-refractivity contribution in [2.75, 3.05) is 6.54 Å². The maximum absolute atomic E-state index is 12.7. The second-order valence-electron chi connectivity index (χ2n) is 7.00. The molecule has 1 saturated heterocycles. The van der Waals surface area contributed by atoms with E-state index in [2.05, 4.69) is 17.6 Å². The molecule has 0 aromatic carbocycles. The van der Waals surface area contributed by atoms with Crippen LogP contribution in [0.25, 0.3) is 0 Å². The fraction of sp³-hybridized carbons (Fsp3) is 0.765. The lowest BCUT2D eigenvalue weighted by atomic mass is 9.75. The van der Waals surface area contributed by atoms with Crippen molar-refractivity contribution in [1.29, 1.82) is 0 Å². The fourth-order valence-corrected chi connectivity index (χ4v) is 3.67. The molecule has 25 heavy (non-hydrogen) atoms. The number of aliphatic carboxylic acids is 1. The molecule has 2 fully saturated rings.